The van der Waals surface area contributed by atoms with Crippen LogP contribution in [0.1, 0.15) is 6.42 Å². The predicted octanol–water partition coefficient (Wildman–Crippen LogP) is -0.190. The highest BCUT2D eigenvalue weighted by Crippen LogP contribution is 2.20. The van der Waals surface area contributed by atoms with Crippen LogP contribution in [0.5, 0.6) is 0 Å². The second-order valence-corrected chi connectivity index (χ2v) is 4.76. The van der Waals surface area contributed by atoms with Crippen LogP contribution in [0, 0.1) is 0 Å². The molecule has 0 bridgehead atoms. The van der Waals surface area contributed by atoms with Gasteiger partial charge in [0.2, 0.25) is 11.9 Å². The summed E-state index contributed by atoms with van der Waals surface area (Å²) in [5.41, 5.74) is 0. The molecule has 5 nitrogen and oxygen atoms in total. The summed E-state index contributed by atoms with van der Waals surface area (Å²) < 4.78 is 0. The van der Waals surface area contributed by atoms with E-state index in [9.17, 15) is 9.59 Å². The standard InChI is InChI=1S/C8H10BrN3O2/c1-11-4-6(13)10-8(11)12-3-5(9)2-7(12)14/h5H,2-4H2,1H3. The van der Waals surface area contributed by atoms with Gasteiger partial charge in [-0.2, -0.15) is 4.99 Å². The fourth-order valence-electron chi connectivity index (χ4n) is 1.63. The number of likely N-dealkylation sites (tertiary alicyclic amines) is 1. The average Bonchev–Trinajstić information content (AvgIpc) is 2.55. The quantitative estimate of drug-likeness (QED) is 0.567. The van der Waals surface area contributed by atoms with E-state index in [4.69, 9.17) is 0 Å². The molecule has 2 amide bonds. The van der Waals surface area contributed by atoms with Gasteiger partial charge in [-0.1, -0.05) is 15.9 Å². The monoisotopic (exact) mass is 259 g/mol. The number of carbonyl (C=O) groups is 2. The van der Waals surface area contributed by atoms with E-state index in [-0.39, 0.29) is 23.2 Å². The zero-order chi connectivity index (χ0) is 10.3. The maximum absolute atomic E-state index is 11.5. The summed E-state index contributed by atoms with van der Waals surface area (Å²) >= 11 is 3.38. The Kier molecular flexibility index (Phi) is 2.30. The van der Waals surface area contributed by atoms with Crippen LogP contribution in [0.2, 0.25) is 0 Å². The van der Waals surface area contributed by atoms with Gasteiger partial charge in [0.1, 0.15) is 6.54 Å². The topological polar surface area (TPSA) is 53.0 Å². The lowest BCUT2D eigenvalue weighted by Crippen LogP contribution is -2.40. The van der Waals surface area contributed by atoms with Crippen LogP contribution in [0.15, 0.2) is 4.99 Å². The van der Waals surface area contributed by atoms with Crippen molar-refractivity contribution < 1.29 is 9.59 Å². The number of guanidine groups is 1. The molecule has 2 aliphatic rings. The first kappa shape index (κ1) is 9.64. The molecule has 1 unspecified atom stereocenters. The lowest BCUT2D eigenvalue weighted by molar-refractivity contribution is -0.124. The molecule has 1 fully saturated rings. The summed E-state index contributed by atoms with van der Waals surface area (Å²) in [5.74, 6) is 0.322. The second kappa shape index (κ2) is 3.34. The molecule has 0 saturated carbocycles. The van der Waals surface area contributed by atoms with Crippen molar-refractivity contribution in [2.24, 2.45) is 4.99 Å². The van der Waals surface area contributed by atoms with Gasteiger partial charge in [0.15, 0.2) is 0 Å². The van der Waals surface area contributed by atoms with E-state index in [1.165, 1.54) is 0 Å². The van der Waals surface area contributed by atoms with Crippen molar-refractivity contribution >= 4 is 33.7 Å². The Hall–Kier alpha value is -0.910. The Labute approximate surface area is 89.9 Å². The Morgan fingerprint density at radius 1 is 1.50 bits per heavy atom. The van der Waals surface area contributed by atoms with Gasteiger partial charge >= 0.3 is 0 Å². The molecule has 0 aromatic heterocycles. The van der Waals surface area contributed by atoms with Gasteiger partial charge in [0.25, 0.3) is 5.91 Å². The van der Waals surface area contributed by atoms with Crippen LogP contribution in [0.3, 0.4) is 0 Å². The van der Waals surface area contributed by atoms with E-state index in [1.807, 2.05) is 0 Å². The molecule has 0 spiro atoms. The van der Waals surface area contributed by atoms with E-state index < -0.39 is 0 Å². The molecular formula is C8H10BrN3O2. The van der Waals surface area contributed by atoms with Crippen LogP contribution in [-0.2, 0) is 9.59 Å². The predicted molar refractivity (Wildman–Crippen MR) is 54.1 cm³/mol. The maximum Gasteiger partial charge on any atom is 0.268 e. The van der Waals surface area contributed by atoms with Crippen LogP contribution >= 0.6 is 15.9 Å². The third kappa shape index (κ3) is 1.54. The first-order valence-corrected chi connectivity index (χ1v) is 5.26. The number of rotatable bonds is 0. The van der Waals surface area contributed by atoms with Gasteiger partial charge in [-0.15, -0.1) is 0 Å². The van der Waals surface area contributed by atoms with Gasteiger partial charge in [0, 0.05) is 24.8 Å². The van der Waals surface area contributed by atoms with E-state index in [0.29, 0.717) is 18.9 Å². The summed E-state index contributed by atoms with van der Waals surface area (Å²) in [7, 11) is 1.76. The first-order valence-electron chi connectivity index (χ1n) is 4.35. The van der Waals surface area contributed by atoms with Crippen molar-refractivity contribution in [3.8, 4) is 0 Å². The molecule has 0 aromatic carbocycles. The Morgan fingerprint density at radius 3 is 2.64 bits per heavy atom. The molecule has 0 N–H and O–H groups in total. The normalized spacial score (nSPS) is 27.6. The molecule has 1 atom stereocenters. The first-order chi connectivity index (χ1) is 6.58. The highest BCUT2D eigenvalue weighted by molar-refractivity contribution is 9.09. The molecule has 0 aliphatic carbocycles. The van der Waals surface area contributed by atoms with Gasteiger partial charge < -0.3 is 4.90 Å². The fourth-order valence-corrected chi connectivity index (χ4v) is 2.20. The van der Waals surface area contributed by atoms with Crippen LogP contribution < -0.4 is 0 Å². The zero-order valence-electron chi connectivity index (χ0n) is 7.73. The maximum atomic E-state index is 11.5. The minimum atomic E-state index is -0.187. The van der Waals surface area contributed by atoms with Gasteiger partial charge in [-0.05, 0) is 0 Å². The average molecular weight is 260 g/mol. The summed E-state index contributed by atoms with van der Waals surface area (Å²) in [6.07, 6.45) is 0.473. The highest BCUT2D eigenvalue weighted by atomic mass is 79.9. The van der Waals surface area contributed by atoms with Crippen LogP contribution in [0.25, 0.3) is 0 Å². The number of halogens is 1. The molecule has 1 saturated heterocycles. The van der Waals surface area contributed by atoms with Crippen molar-refractivity contribution in [1.82, 2.24) is 9.80 Å². The molecule has 2 heterocycles. The Balaban J connectivity index is 2.19. The number of aliphatic imine (C=N–C) groups is 1. The van der Waals surface area contributed by atoms with E-state index in [1.54, 1.807) is 16.8 Å². The molecule has 2 aliphatic heterocycles. The van der Waals surface area contributed by atoms with Crippen LogP contribution in [0.4, 0.5) is 0 Å². The Morgan fingerprint density at radius 2 is 2.21 bits per heavy atom. The third-order valence-electron chi connectivity index (χ3n) is 2.26. The minimum absolute atomic E-state index is 0.0205. The largest absolute Gasteiger partial charge is 0.336 e. The number of hydrogen-bond donors (Lipinski definition) is 0. The second-order valence-electron chi connectivity index (χ2n) is 3.47. The van der Waals surface area contributed by atoms with Crippen molar-refractivity contribution in [3.63, 3.8) is 0 Å². The summed E-state index contributed by atoms with van der Waals surface area (Å²) in [5, 5.41) is 0. The molecule has 14 heavy (non-hydrogen) atoms. The van der Waals surface area contributed by atoms with Crippen molar-refractivity contribution in [3.05, 3.63) is 0 Å². The fraction of sp³-hybridized carbons (Fsp3) is 0.625. The molecule has 0 radical (unpaired) electrons. The van der Waals surface area contributed by atoms with Crippen molar-refractivity contribution in [1.29, 1.82) is 0 Å². The van der Waals surface area contributed by atoms with E-state index in [0.717, 1.165) is 0 Å². The van der Waals surface area contributed by atoms with E-state index in [2.05, 4.69) is 20.9 Å². The summed E-state index contributed by atoms with van der Waals surface area (Å²) in [6.45, 7) is 0.862. The Bertz CT molecular complexity index is 329. The number of alkyl halides is 1. The third-order valence-corrected chi connectivity index (χ3v) is 2.87. The molecule has 0 aromatic rings. The smallest absolute Gasteiger partial charge is 0.268 e. The minimum Gasteiger partial charge on any atom is -0.336 e. The lowest BCUT2D eigenvalue weighted by Gasteiger charge is -2.21. The molecular weight excluding hydrogens is 250 g/mol. The number of carbonyl (C=O) groups excluding carboxylic acids is 2. The number of hydrogen-bond acceptors (Lipinski definition) is 3. The van der Waals surface area contributed by atoms with Gasteiger partial charge in [-0.25, -0.2) is 0 Å². The van der Waals surface area contributed by atoms with Gasteiger partial charge in [0.05, 0.1) is 0 Å². The highest BCUT2D eigenvalue weighted by Gasteiger charge is 2.35. The number of likely N-dealkylation sites (N-methyl/N-ethyl adjacent to an activating group) is 1. The van der Waals surface area contributed by atoms with E-state index >= 15 is 0 Å². The van der Waals surface area contributed by atoms with Gasteiger partial charge in [-0.3, -0.25) is 14.5 Å². The number of amides is 2. The van der Waals surface area contributed by atoms with Crippen molar-refractivity contribution in [2.45, 2.75) is 11.2 Å². The van der Waals surface area contributed by atoms with Crippen molar-refractivity contribution in [2.75, 3.05) is 20.1 Å². The number of nitrogens with zero attached hydrogens (tertiary/aromatic N) is 3. The summed E-state index contributed by atoms with van der Waals surface area (Å²) in [6, 6.07) is 0. The molecule has 6 heteroatoms. The van der Waals surface area contributed by atoms with Crippen LogP contribution in [-0.4, -0.2) is 52.5 Å². The lowest BCUT2D eigenvalue weighted by atomic mass is 10.4. The SMILES string of the molecule is CN1CC(=O)N=C1N1CC(Br)CC1=O. The summed E-state index contributed by atoms with van der Waals surface area (Å²) in [4.78, 5) is 29.8. The molecule has 2 rings (SSSR count). The zero-order valence-corrected chi connectivity index (χ0v) is 9.32. The molecule has 76 valence electrons.